The van der Waals surface area contributed by atoms with E-state index in [1.54, 1.807) is 20.8 Å². The highest BCUT2D eigenvalue weighted by atomic mass is 16.6. The topological polar surface area (TPSA) is 105 Å². The lowest BCUT2D eigenvalue weighted by Crippen LogP contribution is -2.56. The molecule has 1 unspecified atom stereocenters. The summed E-state index contributed by atoms with van der Waals surface area (Å²) in [6.07, 6.45) is 0.0294. The highest BCUT2D eigenvalue weighted by Crippen LogP contribution is 2.35. The number of aliphatic hydroxyl groups excluding tert-OH is 1. The van der Waals surface area contributed by atoms with Gasteiger partial charge in [-0.3, -0.25) is 9.69 Å². The molecule has 0 aliphatic carbocycles. The first-order chi connectivity index (χ1) is 10.7. The molecule has 1 saturated heterocycles. The molecular formula is C15H26N2O6. The van der Waals surface area contributed by atoms with Gasteiger partial charge in [0.1, 0.15) is 5.60 Å². The standard InChI is InChI=1S/C15H26N2O6/c1-14(2,3)23-13(21)17-8-5-6-15(17,12(20)22-4)10-11(19)16-7-9-18/h18H,5-10H2,1-4H3,(H,16,19). The van der Waals surface area contributed by atoms with Crippen LogP contribution in [0.2, 0.25) is 0 Å². The van der Waals surface area contributed by atoms with E-state index < -0.39 is 29.1 Å². The molecule has 0 aromatic heterocycles. The molecule has 0 aromatic carbocycles. The summed E-state index contributed by atoms with van der Waals surface area (Å²) in [4.78, 5) is 38.0. The van der Waals surface area contributed by atoms with E-state index in [2.05, 4.69) is 5.32 Å². The van der Waals surface area contributed by atoms with Crippen LogP contribution in [0.4, 0.5) is 4.79 Å². The SMILES string of the molecule is COC(=O)C1(CC(=O)NCCO)CCCN1C(=O)OC(C)(C)C. The number of nitrogens with one attached hydrogen (secondary N) is 1. The van der Waals surface area contributed by atoms with Gasteiger partial charge in [0, 0.05) is 13.1 Å². The van der Waals surface area contributed by atoms with E-state index in [-0.39, 0.29) is 19.6 Å². The van der Waals surface area contributed by atoms with Gasteiger partial charge in [-0.15, -0.1) is 0 Å². The molecule has 0 radical (unpaired) electrons. The van der Waals surface area contributed by atoms with Crippen molar-refractivity contribution in [3.8, 4) is 0 Å². The van der Waals surface area contributed by atoms with Gasteiger partial charge in [0.2, 0.25) is 5.91 Å². The van der Waals surface area contributed by atoms with Crippen LogP contribution >= 0.6 is 0 Å². The molecule has 2 amide bonds. The molecule has 1 heterocycles. The van der Waals surface area contributed by atoms with E-state index in [9.17, 15) is 14.4 Å². The Morgan fingerprint density at radius 3 is 2.48 bits per heavy atom. The molecule has 132 valence electrons. The van der Waals surface area contributed by atoms with Crippen molar-refractivity contribution in [1.82, 2.24) is 10.2 Å². The average molecular weight is 330 g/mol. The minimum atomic E-state index is -1.36. The lowest BCUT2D eigenvalue weighted by Gasteiger charge is -2.36. The maximum Gasteiger partial charge on any atom is 0.411 e. The first kappa shape index (κ1) is 19.2. The fourth-order valence-corrected chi connectivity index (χ4v) is 2.64. The van der Waals surface area contributed by atoms with E-state index in [0.717, 1.165) is 0 Å². The van der Waals surface area contributed by atoms with Gasteiger partial charge in [0.25, 0.3) is 0 Å². The molecule has 8 nitrogen and oxygen atoms in total. The number of amides is 2. The number of esters is 1. The Kier molecular flexibility index (Phi) is 6.37. The Hall–Kier alpha value is -1.83. The summed E-state index contributed by atoms with van der Waals surface area (Å²) in [5.74, 6) is -1.07. The molecule has 23 heavy (non-hydrogen) atoms. The Morgan fingerprint density at radius 1 is 1.30 bits per heavy atom. The number of rotatable bonds is 5. The molecule has 0 bridgehead atoms. The van der Waals surface area contributed by atoms with Crippen molar-refractivity contribution in [1.29, 1.82) is 0 Å². The molecule has 0 spiro atoms. The number of aliphatic hydroxyl groups is 1. The predicted molar refractivity (Wildman–Crippen MR) is 81.6 cm³/mol. The summed E-state index contributed by atoms with van der Waals surface area (Å²) >= 11 is 0. The van der Waals surface area contributed by atoms with Gasteiger partial charge in [0.05, 0.1) is 20.1 Å². The van der Waals surface area contributed by atoms with Gasteiger partial charge in [0.15, 0.2) is 5.54 Å². The lowest BCUT2D eigenvalue weighted by molar-refractivity contribution is -0.155. The summed E-state index contributed by atoms with van der Waals surface area (Å²) in [5, 5.41) is 11.3. The molecule has 2 N–H and O–H groups in total. The third-order valence-electron chi connectivity index (χ3n) is 3.55. The van der Waals surface area contributed by atoms with Crippen molar-refractivity contribution in [3.63, 3.8) is 0 Å². The van der Waals surface area contributed by atoms with Crippen LogP contribution in [-0.4, -0.2) is 65.9 Å². The Labute approximate surface area is 136 Å². The van der Waals surface area contributed by atoms with Gasteiger partial charge in [-0.2, -0.15) is 0 Å². The molecule has 1 aliphatic heterocycles. The largest absolute Gasteiger partial charge is 0.467 e. The fourth-order valence-electron chi connectivity index (χ4n) is 2.64. The number of likely N-dealkylation sites (tertiary alicyclic amines) is 1. The maximum absolute atomic E-state index is 12.4. The zero-order chi connectivity index (χ0) is 17.7. The third-order valence-corrected chi connectivity index (χ3v) is 3.55. The molecule has 1 rings (SSSR count). The maximum atomic E-state index is 12.4. The van der Waals surface area contributed by atoms with Gasteiger partial charge in [-0.1, -0.05) is 0 Å². The normalized spacial score (nSPS) is 21.0. The van der Waals surface area contributed by atoms with Crippen molar-refractivity contribution >= 4 is 18.0 Å². The van der Waals surface area contributed by atoms with Crippen molar-refractivity contribution in [2.45, 2.75) is 51.2 Å². The van der Waals surface area contributed by atoms with Crippen LogP contribution < -0.4 is 5.32 Å². The fraction of sp³-hybridized carbons (Fsp3) is 0.800. The minimum absolute atomic E-state index is 0.0858. The van der Waals surface area contributed by atoms with Gasteiger partial charge < -0.3 is 19.9 Å². The molecule has 1 aliphatic rings. The number of hydrogen-bond acceptors (Lipinski definition) is 6. The zero-order valence-corrected chi connectivity index (χ0v) is 14.2. The Bertz CT molecular complexity index is 459. The average Bonchev–Trinajstić information content (AvgIpc) is 2.87. The second kappa shape index (κ2) is 7.63. The van der Waals surface area contributed by atoms with Crippen LogP contribution in [0.5, 0.6) is 0 Å². The van der Waals surface area contributed by atoms with Crippen LogP contribution in [0.1, 0.15) is 40.0 Å². The minimum Gasteiger partial charge on any atom is -0.467 e. The van der Waals surface area contributed by atoms with Gasteiger partial charge in [-0.25, -0.2) is 9.59 Å². The van der Waals surface area contributed by atoms with Gasteiger partial charge >= 0.3 is 12.1 Å². The van der Waals surface area contributed by atoms with E-state index in [4.69, 9.17) is 14.6 Å². The second-order valence-electron chi connectivity index (χ2n) is 6.51. The zero-order valence-electron chi connectivity index (χ0n) is 14.2. The van der Waals surface area contributed by atoms with E-state index in [1.165, 1.54) is 12.0 Å². The first-order valence-corrected chi connectivity index (χ1v) is 7.63. The molecule has 1 fully saturated rings. The molecular weight excluding hydrogens is 304 g/mol. The number of ether oxygens (including phenoxy) is 2. The number of hydrogen-bond donors (Lipinski definition) is 2. The van der Waals surface area contributed by atoms with E-state index >= 15 is 0 Å². The number of carbonyl (C=O) groups excluding carboxylic acids is 3. The van der Waals surface area contributed by atoms with E-state index in [1.807, 2.05) is 0 Å². The number of carbonyl (C=O) groups is 3. The van der Waals surface area contributed by atoms with Crippen LogP contribution in [0.25, 0.3) is 0 Å². The third kappa shape index (κ3) is 4.82. The first-order valence-electron chi connectivity index (χ1n) is 7.63. The Balaban J connectivity index is 3.00. The van der Waals surface area contributed by atoms with Crippen LogP contribution in [0, 0.1) is 0 Å². The summed E-state index contributed by atoms with van der Waals surface area (Å²) < 4.78 is 10.2. The smallest absolute Gasteiger partial charge is 0.411 e. The highest BCUT2D eigenvalue weighted by molar-refractivity contribution is 5.92. The summed E-state index contributed by atoms with van der Waals surface area (Å²) in [6.45, 7) is 5.39. The molecule has 0 saturated carbocycles. The summed E-state index contributed by atoms with van der Waals surface area (Å²) in [6, 6.07) is 0. The van der Waals surface area contributed by atoms with Crippen LogP contribution in [0.15, 0.2) is 0 Å². The van der Waals surface area contributed by atoms with Crippen molar-refractivity contribution in [2.24, 2.45) is 0 Å². The Morgan fingerprint density at radius 2 is 1.96 bits per heavy atom. The second-order valence-corrected chi connectivity index (χ2v) is 6.51. The molecule has 8 heteroatoms. The molecule has 1 atom stereocenters. The number of methoxy groups -OCH3 is 1. The quantitative estimate of drug-likeness (QED) is 0.708. The number of nitrogens with zero attached hydrogens (tertiary/aromatic N) is 1. The monoisotopic (exact) mass is 330 g/mol. The van der Waals surface area contributed by atoms with Crippen LogP contribution in [-0.2, 0) is 19.1 Å². The van der Waals surface area contributed by atoms with Crippen molar-refractivity contribution in [2.75, 3.05) is 26.8 Å². The van der Waals surface area contributed by atoms with Gasteiger partial charge in [-0.05, 0) is 33.6 Å². The predicted octanol–water partition coefficient (Wildman–Crippen LogP) is 0.428. The highest BCUT2D eigenvalue weighted by Gasteiger charge is 2.53. The summed E-state index contributed by atoms with van der Waals surface area (Å²) in [5.41, 5.74) is -2.07. The summed E-state index contributed by atoms with van der Waals surface area (Å²) in [7, 11) is 1.22. The lowest BCUT2D eigenvalue weighted by atomic mass is 9.91. The van der Waals surface area contributed by atoms with E-state index in [0.29, 0.717) is 19.4 Å². The van der Waals surface area contributed by atoms with Crippen molar-refractivity contribution in [3.05, 3.63) is 0 Å². The van der Waals surface area contributed by atoms with Crippen molar-refractivity contribution < 1.29 is 29.0 Å². The molecule has 0 aromatic rings. The van der Waals surface area contributed by atoms with Crippen LogP contribution in [0.3, 0.4) is 0 Å².